The van der Waals surface area contributed by atoms with Gasteiger partial charge in [0.15, 0.2) is 0 Å². The molecule has 1 aromatic carbocycles. The van der Waals surface area contributed by atoms with Gasteiger partial charge in [0, 0.05) is 24.6 Å². The topological polar surface area (TPSA) is 12.5 Å². The lowest BCUT2D eigenvalue weighted by Crippen LogP contribution is -2.41. The standard InChI is InChI=1S/C21H27NOS.ClH/c1-23-21-12-11-18(14-19-9-5-13-24-19)22(21)15-17-8-4-7-16-6-2-3-10-20(16)17;/h2-3,5-6,9-10,13,17-18,21H,4,7-8,11-12,14-15H2,1H3;1H. The Kier molecular flexibility index (Phi) is 6.56. The van der Waals surface area contributed by atoms with Gasteiger partial charge in [0.1, 0.15) is 6.23 Å². The Morgan fingerprint density at radius 1 is 1.12 bits per heavy atom. The summed E-state index contributed by atoms with van der Waals surface area (Å²) in [5.74, 6) is 0.663. The molecule has 25 heavy (non-hydrogen) atoms. The smallest absolute Gasteiger partial charge is 0.110 e. The van der Waals surface area contributed by atoms with Crippen LogP contribution in [0.15, 0.2) is 41.8 Å². The molecule has 136 valence electrons. The van der Waals surface area contributed by atoms with Crippen LogP contribution in [-0.4, -0.2) is 30.8 Å². The van der Waals surface area contributed by atoms with Crippen LogP contribution < -0.4 is 0 Å². The fraction of sp³-hybridized carbons (Fsp3) is 0.524. The average Bonchev–Trinajstić information content (AvgIpc) is 3.26. The van der Waals surface area contributed by atoms with Crippen molar-refractivity contribution in [2.75, 3.05) is 13.7 Å². The van der Waals surface area contributed by atoms with E-state index in [0.29, 0.717) is 18.2 Å². The number of thiophene rings is 1. The highest BCUT2D eigenvalue weighted by Gasteiger charge is 2.36. The van der Waals surface area contributed by atoms with Gasteiger partial charge in [-0.3, -0.25) is 4.90 Å². The van der Waals surface area contributed by atoms with Crippen LogP contribution in [0.2, 0.25) is 0 Å². The van der Waals surface area contributed by atoms with E-state index < -0.39 is 0 Å². The molecule has 0 N–H and O–H groups in total. The van der Waals surface area contributed by atoms with Crippen LogP contribution >= 0.6 is 23.7 Å². The number of aryl methyl sites for hydroxylation is 1. The van der Waals surface area contributed by atoms with Crippen molar-refractivity contribution >= 4 is 23.7 Å². The Hall–Kier alpha value is -0.870. The molecular formula is C21H28ClNOS. The summed E-state index contributed by atoms with van der Waals surface area (Å²) in [5, 5.41) is 2.19. The number of ether oxygens (including phenoxy) is 1. The lowest BCUT2D eigenvalue weighted by Gasteiger charge is -2.35. The zero-order valence-corrected chi connectivity index (χ0v) is 16.5. The third kappa shape index (κ3) is 4.11. The number of nitrogens with zero attached hydrogens (tertiary/aromatic N) is 1. The van der Waals surface area contributed by atoms with Crippen molar-refractivity contribution in [1.29, 1.82) is 0 Å². The van der Waals surface area contributed by atoms with E-state index in [2.05, 4.69) is 46.7 Å². The second-order valence-corrected chi connectivity index (χ2v) is 8.22. The molecule has 2 heterocycles. The number of fused-ring (bicyclic) bond motifs is 1. The van der Waals surface area contributed by atoms with Crippen LogP contribution in [0.5, 0.6) is 0 Å². The minimum atomic E-state index is 0. The number of benzene rings is 1. The fourth-order valence-corrected chi connectivity index (χ4v) is 5.38. The highest BCUT2D eigenvalue weighted by atomic mass is 35.5. The van der Waals surface area contributed by atoms with Gasteiger partial charge in [-0.25, -0.2) is 0 Å². The summed E-state index contributed by atoms with van der Waals surface area (Å²) in [4.78, 5) is 4.16. The van der Waals surface area contributed by atoms with Crippen LogP contribution in [0.25, 0.3) is 0 Å². The first-order chi connectivity index (χ1) is 11.8. The van der Waals surface area contributed by atoms with Gasteiger partial charge in [0.05, 0.1) is 0 Å². The third-order valence-corrected chi connectivity index (χ3v) is 6.70. The normalized spacial score (nSPS) is 26.2. The maximum absolute atomic E-state index is 5.83. The van der Waals surface area contributed by atoms with Gasteiger partial charge in [0.2, 0.25) is 0 Å². The first kappa shape index (κ1) is 18.9. The van der Waals surface area contributed by atoms with Gasteiger partial charge in [-0.2, -0.15) is 0 Å². The van der Waals surface area contributed by atoms with E-state index in [0.717, 1.165) is 6.54 Å². The van der Waals surface area contributed by atoms with Crippen molar-refractivity contribution < 1.29 is 4.74 Å². The molecule has 0 spiro atoms. The number of rotatable bonds is 5. The van der Waals surface area contributed by atoms with E-state index in [1.807, 2.05) is 18.4 Å². The Morgan fingerprint density at radius 3 is 2.80 bits per heavy atom. The zero-order valence-electron chi connectivity index (χ0n) is 14.9. The maximum atomic E-state index is 5.83. The van der Waals surface area contributed by atoms with E-state index in [4.69, 9.17) is 4.74 Å². The van der Waals surface area contributed by atoms with E-state index in [-0.39, 0.29) is 12.4 Å². The molecule has 1 fully saturated rings. The van der Waals surface area contributed by atoms with Crippen molar-refractivity contribution in [1.82, 2.24) is 4.90 Å². The molecule has 0 amide bonds. The van der Waals surface area contributed by atoms with Gasteiger partial charge in [-0.05, 0) is 67.0 Å². The molecule has 1 aromatic heterocycles. The predicted molar refractivity (Wildman–Crippen MR) is 108 cm³/mol. The minimum absolute atomic E-state index is 0. The molecule has 1 aliphatic heterocycles. The summed E-state index contributed by atoms with van der Waals surface area (Å²) < 4.78 is 5.83. The summed E-state index contributed by atoms with van der Waals surface area (Å²) in [6.45, 7) is 1.14. The first-order valence-corrected chi connectivity index (χ1v) is 10.1. The van der Waals surface area contributed by atoms with Gasteiger partial charge < -0.3 is 4.74 Å². The molecule has 0 bridgehead atoms. The SMILES string of the molecule is COC1CCC(Cc2cccs2)N1CC1CCCc2ccccc21.Cl. The van der Waals surface area contributed by atoms with Gasteiger partial charge in [-0.1, -0.05) is 30.3 Å². The number of hydrogen-bond donors (Lipinski definition) is 0. The van der Waals surface area contributed by atoms with Crippen LogP contribution in [-0.2, 0) is 17.6 Å². The summed E-state index contributed by atoms with van der Waals surface area (Å²) in [5.41, 5.74) is 3.15. The molecule has 4 rings (SSSR count). The number of hydrogen-bond acceptors (Lipinski definition) is 3. The average molecular weight is 378 g/mol. The highest BCUT2D eigenvalue weighted by molar-refractivity contribution is 7.09. The molecule has 0 saturated carbocycles. The van der Waals surface area contributed by atoms with Crippen molar-refractivity contribution in [3.05, 3.63) is 57.8 Å². The molecule has 1 aliphatic carbocycles. The molecule has 1 saturated heterocycles. The van der Waals surface area contributed by atoms with Crippen molar-refractivity contribution in [2.45, 2.75) is 56.7 Å². The van der Waals surface area contributed by atoms with Gasteiger partial charge in [-0.15, -0.1) is 23.7 Å². The molecule has 2 aromatic rings. The number of halogens is 1. The molecule has 4 heteroatoms. The zero-order chi connectivity index (χ0) is 16.4. The third-order valence-electron chi connectivity index (χ3n) is 5.80. The first-order valence-electron chi connectivity index (χ1n) is 9.24. The Bertz CT molecular complexity index is 660. The highest BCUT2D eigenvalue weighted by Crippen LogP contribution is 2.36. The molecular weight excluding hydrogens is 350 g/mol. The summed E-state index contributed by atoms with van der Waals surface area (Å²) >= 11 is 1.89. The lowest BCUT2D eigenvalue weighted by molar-refractivity contribution is -0.0233. The van der Waals surface area contributed by atoms with E-state index in [1.54, 1.807) is 11.1 Å². The summed E-state index contributed by atoms with van der Waals surface area (Å²) in [6.07, 6.45) is 7.78. The van der Waals surface area contributed by atoms with Crippen LogP contribution in [0, 0.1) is 0 Å². The fourth-order valence-electron chi connectivity index (χ4n) is 4.60. The minimum Gasteiger partial charge on any atom is -0.366 e. The largest absolute Gasteiger partial charge is 0.366 e. The van der Waals surface area contributed by atoms with Crippen molar-refractivity contribution in [2.24, 2.45) is 0 Å². The monoisotopic (exact) mass is 377 g/mol. The van der Waals surface area contributed by atoms with E-state index in [1.165, 1.54) is 43.4 Å². The second-order valence-electron chi connectivity index (χ2n) is 7.19. The van der Waals surface area contributed by atoms with E-state index >= 15 is 0 Å². The molecule has 2 nitrogen and oxygen atoms in total. The predicted octanol–water partition coefficient (Wildman–Crippen LogP) is 5.27. The molecule has 3 atom stereocenters. The lowest BCUT2D eigenvalue weighted by atomic mass is 9.82. The van der Waals surface area contributed by atoms with Crippen LogP contribution in [0.4, 0.5) is 0 Å². The van der Waals surface area contributed by atoms with E-state index in [9.17, 15) is 0 Å². The van der Waals surface area contributed by atoms with Crippen LogP contribution in [0.3, 0.4) is 0 Å². The van der Waals surface area contributed by atoms with Gasteiger partial charge >= 0.3 is 0 Å². The number of likely N-dealkylation sites (tertiary alicyclic amines) is 1. The quantitative estimate of drug-likeness (QED) is 0.703. The molecule has 2 aliphatic rings. The Balaban J connectivity index is 0.00000182. The van der Waals surface area contributed by atoms with Crippen molar-refractivity contribution in [3.63, 3.8) is 0 Å². The van der Waals surface area contributed by atoms with Gasteiger partial charge in [0.25, 0.3) is 0 Å². The second kappa shape index (κ2) is 8.68. The summed E-state index contributed by atoms with van der Waals surface area (Å²) in [6, 6.07) is 14.1. The Labute approximate surface area is 161 Å². The maximum Gasteiger partial charge on any atom is 0.110 e. The molecule has 0 radical (unpaired) electrons. The van der Waals surface area contributed by atoms with Crippen LogP contribution in [0.1, 0.15) is 47.6 Å². The Morgan fingerprint density at radius 2 is 2.00 bits per heavy atom. The summed E-state index contributed by atoms with van der Waals surface area (Å²) in [7, 11) is 1.88. The van der Waals surface area contributed by atoms with Crippen molar-refractivity contribution in [3.8, 4) is 0 Å². The molecule has 3 unspecified atom stereocenters. The number of methoxy groups -OCH3 is 1.